The van der Waals surface area contributed by atoms with E-state index in [-0.39, 0.29) is 30.6 Å². The van der Waals surface area contributed by atoms with Crippen LogP contribution < -0.4 is 11.1 Å². The fourth-order valence-corrected chi connectivity index (χ4v) is 4.28. The first kappa shape index (κ1) is 29.3. The van der Waals surface area contributed by atoms with Crippen molar-refractivity contribution in [3.05, 3.63) is 64.7 Å². The fraction of sp³-hybridized carbons (Fsp3) is 0.346. The maximum absolute atomic E-state index is 13.0. The molecule has 1 atom stereocenters. The number of nitrogens with zero attached hydrogens (tertiary/aromatic N) is 1. The summed E-state index contributed by atoms with van der Waals surface area (Å²) in [4.78, 5) is 60.4. The Morgan fingerprint density at radius 3 is 2.26 bits per heavy atom. The van der Waals surface area contributed by atoms with Gasteiger partial charge in [-0.2, -0.15) is 13.2 Å². The van der Waals surface area contributed by atoms with Gasteiger partial charge in [0, 0.05) is 35.5 Å². The van der Waals surface area contributed by atoms with Gasteiger partial charge in [0.25, 0.3) is 0 Å². The summed E-state index contributed by atoms with van der Waals surface area (Å²) in [5.41, 5.74) is 7.57. The molecule has 0 bridgehead atoms. The van der Waals surface area contributed by atoms with Crippen LogP contribution in [-0.4, -0.2) is 77.9 Å². The fourth-order valence-electron chi connectivity index (χ4n) is 4.28. The standard InChI is InChI=1S/C24H25N3O5.C2HF3O2/c25-14-20(28)27-12-4-10-19(27)24(31)32-13-5-11-26-18-9-3-8-17-21(18)23(30)16-7-2-1-6-15(16)22(17)29;3-2(4,5)1(6)7/h1-3,6-9,19,26H,4-5,10-14,25H2;(H,6,7)/t19-;/m0./s1. The molecule has 1 saturated heterocycles. The Hall–Kier alpha value is -4.26. The van der Waals surface area contributed by atoms with Crippen LogP contribution in [0.3, 0.4) is 0 Å². The number of alkyl halides is 3. The maximum Gasteiger partial charge on any atom is 0.490 e. The van der Waals surface area contributed by atoms with Crippen LogP contribution in [0.5, 0.6) is 0 Å². The Kier molecular flexibility index (Phi) is 9.41. The molecule has 10 nitrogen and oxygen atoms in total. The van der Waals surface area contributed by atoms with Crippen molar-refractivity contribution in [2.75, 3.05) is 31.6 Å². The smallest absolute Gasteiger partial charge is 0.475 e. The van der Waals surface area contributed by atoms with Crippen LogP contribution >= 0.6 is 0 Å². The summed E-state index contributed by atoms with van der Waals surface area (Å²) < 4.78 is 37.1. The number of amides is 1. The number of rotatable bonds is 7. The van der Waals surface area contributed by atoms with Gasteiger partial charge in [-0.3, -0.25) is 14.4 Å². The van der Waals surface area contributed by atoms with Crippen LogP contribution in [0.1, 0.15) is 51.1 Å². The van der Waals surface area contributed by atoms with Gasteiger partial charge in [0.1, 0.15) is 6.04 Å². The van der Waals surface area contributed by atoms with Crippen molar-refractivity contribution >= 4 is 35.1 Å². The molecule has 0 spiro atoms. The average Bonchev–Trinajstić information content (AvgIpc) is 3.41. The molecule has 2 aromatic carbocycles. The second-order valence-electron chi connectivity index (χ2n) is 8.63. The monoisotopic (exact) mass is 549 g/mol. The maximum atomic E-state index is 13.0. The number of nitrogens with two attached hydrogens (primary N) is 1. The molecule has 4 rings (SSSR count). The van der Waals surface area contributed by atoms with Gasteiger partial charge < -0.3 is 25.8 Å². The summed E-state index contributed by atoms with van der Waals surface area (Å²) in [6.45, 7) is 1.02. The van der Waals surface area contributed by atoms with Crippen molar-refractivity contribution in [2.24, 2.45) is 5.73 Å². The van der Waals surface area contributed by atoms with Gasteiger partial charge in [0.05, 0.1) is 18.7 Å². The first-order valence-electron chi connectivity index (χ1n) is 12.0. The molecule has 13 heteroatoms. The van der Waals surface area contributed by atoms with Crippen LogP contribution in [0.15, 0.2) is 42.5 Å². The van der Waals surface area contributed by atoms with E-state index in [9.17, 15) is 32.3 Å². The zero-order valence-corrected chi connectivity index (χ0v) is 20.6. The number of hydrogen-bond donors (Lipinski definition) is 3. The van der Waals surface area contributed by atoms with E-state index < -0.39 is 24.2 Å². The molecule has 0 saturated carbocycles. The van der Waals surface area contributed by atoms with Crippen LogP contribution in [-0.2, 0) is 19.1 Å². The number of ether oxygens (including phenoxy) is 1. The van der Waals surface area contributed by atoms with Crippen molar-refractivity contribution in [3.63, 3.8) is 0 Å². The zero-order chi connectivity index (χ0) is 28.7. The van der Waals surface area contributed by atoms with Gasteiger partial charge in [0.2, 0.25) is 5.91 Å². The van der Waals surface area contributed by atoms with Crippen LogP contribution in [0.4, 0.5) is 18.9 Å². The summed E-state index contributed by atoms with van der Waals surface area (Å²) in [6, 6.07) is 11.4. The number of hydrogen-bond acceptors (Lipinski definition) is 8. The number of esters is 1. The molecule has 1 fully saturated rings. The quantitative estimate of drug-likeness (QED) is 0.297. The summed E-state index contributed by atoms with van der Waals surface area (Å²) in [5.74, 6) is -3.77. The molecule has 0 radical (unpaired) electrons. The third-order valence-corrected chi connectivity index (χ3v) is 6.10. The molecule has 1 heterocycles. The lowest BCUT2D eigenvalue weighted by atomic mass is 9.83. The van der Waals surface area contributed by atoms with Crippen molar-refractivity contribution < 1.29 is 47.0 Å². The lowest BCUT2D eigenvalue weighted by Gasteiger charge is -2.22. The van der Waals surface area contributed by atoms with E-state index in [2.05, 4.69) is 5.32 Å². The van der Waals surface area contributed by atoms with Gasteiger partial charge >= 0.3 is 18.1 Å². The highest BCUT2D eigenvalue weighted by Gasteiger charge is 2.38. The summed E-state index contributed by atoms with van der Waals surface area (Å²) >= 11 is 0. The minimum Gasteiger partial charge on any atom is -0.475 e. The van der Waals surface area contributed by atoms with Gasteiger partial charge in [0.15, 0.2) is 11.6 Å². The second kappa shape index (κ2) is 12.5. The molecule has 2 aromatic rings. The molecule has 1 amide bonds. The number of halogens is 3. The number of carboxylic acid groups (broad SMARTS) is 1. The first-order chi connectivity index (χ1) is 18.5. The highest BCUT2D eigenvalue weighted by molar-refractivity contribution is 6.30. The van der Waals surface area contributed by atoms with Crippen molar-refractivity contribution in [2.45, 2.75) is 31.5 Å². The molecule has 2 aliphatic rings. The summed E-state index contributed by atoms with van der Waals surface area (Å²) in [7, 11) is 0. The third-order valence-electron chi connectivity index (χ3n) is 6.10. The number of benzene rings is 2. The molecule has 0 aromatic heterocycles. The van der Waals surface area contributed by atoms with E-state index in [1.54, 1.807) is 42.5 Å². The molecule has 1 aliphatic heterocycles. The lowest BCUT2D eigenvalue weighted by molar-refractivity contribution is -0.192. The van der Waals surface area contributed by atoms with Gasteiger partial charge in [-0.1, -0.05) is 36.4 Å². The van der Waals surface area contributed by atoms with Crippen molar-refractivity contribution in [1.29, 1.82) is 0 Å². The molecule has 0 unspecified atom stereocenters. The molecule has 4 N–H and O–H groups in total. The van der Waals surface area contributed by atoms with Crippen LogP contribution in [0.25, 0.3) is 0 Å². The largest absolute Gasteiger partial charge is 0.490 e. The van der Waals surface area contributed by atoms with E-state index in [1.165, 1.54) is 4.90 Å². The number of carboxylic acids is 1. The first-order valence-corrected chi connectivity index (χ1v) is 12.0. The molecular formula is C26H26F3N3O7. The predicted molar refractivity (Wildman–Crippen MR) is 131 cm³/mol. The topological polar surface area (TPSA) is 156 Å². The normalized spacial score (nSPS) is 16.0. The predicted octanol–water partition coefficient (Wildman–Crippen LogP) is 2.39. The average molecular weight is 550 g/mol. The van der Waals surface area contributed by atoms with Gasteiger partial charge in [-0.25, -0.2) is 9.59 Å². The van der Waals surface area contributed by atoms with Crippen molar-refractivity contribution in [3.8, 4) is 0 Å². The Morgan fingerprint density at radius 2 is 1.64 bits per heavy atom. The highest BCUT2D eigenvalue weighted by Crippen LogP contribution is 2.31. The van der Waals surface area contributed by atoms with E-state index >= 15 is 0 Å². The molecular weight excluding hydrogens is 523 g/mol. The molecule has 39 heavy (non-hydrogen) atoms. The van der Waals surface area contributed by atoms with Crippen LogP contribution in [0.2, 0.25) is 0 Å². The number of likely N-dealkylation sites (tertiary alicyclic amines) is 1. The SMILES string of the molecule is NCC(=O)N1CCC[C@H]1C(=O)OCCCNc1cccc2c1C(=O)c1ccccc1C2=O.O=C(O)C(F)(F)F. The van der Waals surface area contributed by atoms with E-state index in [0.717, 1.165) is 6.42 Å². The highest BCUT2D eigenvalue weighted by atomic mass is 19.4. The second-order valence-corrected chi connectivity index (χ2v) is 8.63. The Labute approximate surface area is 220 Å². The zero-order valence-electron chi connectivity index (χ0n) is 20.6. The minimum atomic E-state index is -5.08. The minimum absolute atomic E-state index is 0.124. The van der Waals surface area contributed by atoms with Gasteiger partial charge in [-0.05, 0) is 25.3 Å². The summed E-state index contributed by atoms with van der Waals surface area (Å²) in [5, 5.41) is 10.3. The van der Waals surface area contributed by atoms with E-state index in [1.807, 2.05) is 0 Å². The summed E-state index contributed by atoms with van der Waals surface area (Å²) in [6.07, 6.45) is -3.25. The third kappa shape index (κ3) is 6.79. The lowest BCUT2D eigenvalue weighted by Crippen LogP contribution is -2.44. The Bertz CT molecular complexity index is 1280. The number of anilines is 1. The number of carbonyl (C=O) groups excluding carboxylic acids is 4. The molecule has 208 valence electrons. The van der Waals surface area contributed by atoms with E-state index in [4.69, 9.17) is 20.4 Å². The van der Waals surface area contributed by atoms with Crippen LogP contribution in [0, 0.1) is 0 Å². The Balaban J connectivity index is 0.000000532. The molecule has 1 aliphatic carbocycles. The van der Waals surface area contributed by atoms with Gasteiger partial charge in [-0.15, -0.1) is 0 Å². The number of aliphatic carboxylic acids is 1. The van der Waals surface area contributed by atoms with E-state index in [0.29, 0.717) is 53.9 Å². The number of nitrogens with one attached hydrogen (secondary N) is 1. The number of ketones is 2. The number of carbonyl (C=O) groups is 5. The van der Waals surface area contributed by atoms with Crippen molar-refractivity contribution in [1.82, 2.24) is 4.90 Å². The number of fused-ring (bicyclic) bond motifs is 2. The Morgan fingerprint density at radius 1 is 1.03 bits per heavy atom.